The smallest absolute Gasteiger partial charge is 0.270 e. The van der Waals surface area contributed by atoms with Crippen molar-refractivity contribution in [3.05, 3.63) is 77.2 Å². The van der Waals surface area contributed by atoms with E-state index in [0.29, 0.717) is 23.9 Å². The summed E-state index contributed by atoms with van der Waals surface area (Å²) in [7, 11) is 0. The molecule has 1 aliphatic heterocycles. The first-order chi connectivity index (χ1) is 14.1. The first-order valence-electron chi connectivity index (χ1n) is 9.42. The molecule has 148 valence electrons. The van der Waals surface area contributed by atoms with E-state index in [4.69, 9.17) is 9.47 Å². The van der Waals surface area contributed by atoms with Gasteiger partial charge in [-0.3, -0.25) is 4.79 Å². The van der Waals surface area contributed by atoms with Crippen molar-refractivity contribution >= 4 is 11.7 Å². The molecular formula is C22H22N4O3. The van der Waals surface area contributed by atoms with E-state index in [-0.39, 0.29) is 18.7 Å². The number of ether oxygens (including phenoxy) is 2. The Morgan fingerprint density at radius 2 is 1.86 bits per heavy atom. The van der Waals surface area contributed by atoms with Gasteiger partial charge >= 0.3 is 0 Å². The van der Waals surface area contributed by atoms with Crippen LogP contribution in [0.3, 0.4) is 0 Å². The molecule has 29 heavy (non-hydrogen) atoms. The summed E-state index contributed by atoms with van der Waals surface area (Å²) in [5.74, 6) is 2.36. The topological polar surface area (TPSA) is 85.4 Å². The molecule has 0 bridgehead atoms. The molecule has 0 spiro atoms. The third kappa shape index (κ3) is 4.45. The fraction of sp³-hybridized carbons (Fsp3) is 0.227. The van der Waals surface area contributed by atoms with Crippen molar-refractivity contribution in [3.8, 4) is 11.5 Å². The number of hydrogen-bond donors (Lipinski definition) is 2. The molecule has 1 aromatic heterocycles. The number of aryl methyl sites for hydroxylation is 1. The number of hydrogen-bond acceptors (Lipinski definition) is 6. The molecule has 0 aliphatic carbocycles. The fourth-order valence-electron chi connectivity index (χ4n) is 3.11. The maximum Gasteiger partial charge on any atom is 0.270 e. The van der Waals surface area contributed by atoms with Gasteiger partial charge in [-0.05, 0) is 37.1 Å². The second-order valence-electron chi connectivity index (χ2n) is 6.83. The van der Waals surface area contributed by atoms with Crippen molar-refractivity contribution in [1.82, 2.24) is 15.3 Å². The summed E-state index contributed by atoms with van der Waals surface area (Å²) in [5, 5.41) is 6.23. The highest BCUT2D eigenvalue weighted by molar-refractivity contribution is 5.93. The fourth-order valence-corrected chi connectivity index (χ4v) is 3.11. The van der Waals surface area contributed by atoms with E-state index in [9.17, 15) is 4.79 Å². The predicted octanol–water partition coefficient (Wildman–Crippen LogP) is 3.62. The van der Waals surface area contributed by atoms with E-state index >= 15 is 0 Å². The lowest BCUT2D eigenvalue weighted by Crippen LogP contribution is -2.27. The van der Waals surface area contributed by atoms with Crippen LogP contribution in [0.5, 0.6) is 11.5 Å². The molecule has 0 radical (unpaired) electrons. The van der Waals surface area contributed by atoms with Gasteiger partial charge < -0.3 is 20.1 Å². The Labute approximate surface area is 169 Å². The molecule has 1 unspecified atom stereocenters. The summed E-state index contributed by atoms with van der Waals surface area (Å²) >= 11 is 0. The Morgan fingerprint density at radius 3 is 2.69 bits per heavy atom. The van der Waals surface area contributed by atoms with Crippen molar-refractivity contribution in [1.29, 1.82) is 0 Å². The summed E-state index contributed by atoms with van der Waals surface area (Å²) in [6.45, 7) is 4.50. The quantitative estimate of drug-likeness (QED) is 0.669. The third-order valence-electron chi connectivity index (χ3n) is 4.63. The molecule has 1 aliphatic rings. The average Bonchev–Trinajstić information content (AvgIpc) is 3.20. The number of carbonyl (C=O) groups is 1. The van der Waals surface area contributed by atoms with E-state index in [1.54, 1.807) is 13.0 Å². The van der Waals surface area contributed by atoms with Gasteiger partial charge in [0.15, 0.2) is 11.5 Å². The molecule has 2 aromatic carbocycles. The van der Waals surface area contributed by atoms with Crippen molar-refractivity contribution < 1.29 is 14.3 Å². The summed E-state index contributed by atoms with van der Waals surface area (Å²) in [6.07, 6.45) is 0. The number of rotatable bonds is 6. The van der Waals surface area contributed by atoms with E-state index in [1.165, 1.54) is 0 Å². The number of benzene rings is 2. The van der Waals surface area contributed by atoms with Gasteiger partial charge in [-0.2, -0.15) is 0 Å². The van der Waals surface area contributed by atoms with Crippen LogP contribution in [-0.2, 0) is 6.54 Å². The molecule has 2 N–H and O–H groups in total. The number of amides is 1. The van der Waals surface area contributed by atoms with Crippen LogP contribution >= 0.6 is 0 Å². The SMILES string of the molecule is Cc1nc(NCc2ccc3c(c2)OCO3)cc(C(=O)NC(C)c2ccccc2)n1. The molecule has 0 saturated carbocycles. The highest BCUT2D eigenvalue weighted by Gasteiger charge is 2.15. The van der Waals surface area contributed by atoms with Gasteiger partial charge in [0.2, 0.25) is 6.79 Å². The molecule has 0 saturated heterocycles. The molecule has 3 aromatic rings. The lowest BCUT2D eigenvalue weighted by molar-refractivity contribution is 0.0934. The van der Waals surface area contributed by atoms with Crippen LogP contribution in [-0.4, -0.2) is 22.7 Å². The normalized spacial score (nSPS) is 13.0. The zero-order valence-corrected chi connectivity index (χ0v) is 16.3. The van der Waals surface area contributed by atoms with E-state index in [0.717, 1.165) is 22.6 Å². The number of carbonyl (C=O) groups excluding carboxylic acids is 1. The highest BCUT2D eigenvalue weighted by Crippen LogP contribution is 2.32. The Kier molecular flexibility index (Phi) is 5.29. The molecule has 2 heterocycles. The minimum absolute atomic E-state index is 0.121. The largest absolute Gasteiger partial charge is 0.454 e. The highest BCUT2D eigenvalue weighted by atomic mass is 16.7. The zero-order chi connectivity index (χ0) is 20.2. The predicted molar refractivity (Wildman–Crippen MR) is 109 cm³/mol. The van der Waals surface area contributed by atoms with Crippen LogP contribution in [0.25, 0.3) is 0 Å². The van der Waals surface area contributed by atoms with Crippen molar-refractivity contribution in [2.45, 2.75) is 26.4 Å². The molecule has 0 fully saturated rings. The van der Waals surface area contributed by atoms with Crippen molar-refractivity contribution in [2.75, 3.05) is 12.1 Å². The molecule has 1 atom stereocenters. The second-order valence-corrected chi connectivity index (χ2v) is 6.83. The summed E-state index contributed by atoms with van der Waals surface area (Å²) < 4.78 is 10.7. The first kappa shape index (κ1) is 18.7. The van der Waals surface area contributed by atoms with Gasteiger partial charge in [0.1, 0.15) is 17.3 Å². The monoisotopic (exact) mass is 390 g/mol. The minimum atomic E-state index is -0.238. The number of nitrogens with zero attached hydrogens (tertiary/aromatic N) is 2. The third-order valence-corrected chi connectivity index (χ3v) is 4.63. The lowest BCUT2D eigenvalue weighted by atomic mass is 10.1. The molecule has 4 rings (SSSR count). The van der Waals surface area contributed by atoms with Crippen LogP contribution in [0.1, 0.15) is 40.4 Å². The second kappa shape index (κ2) is 8.18. The van der Waals surface area contributed by atoms with E-state index in [1.807, 2.05) is 55.5 Å². The van der Waals surface area contributed by atoms with Crippen LogP contribution in [0.4, 0.5) is 5.82 Å². The molecule has 7 heteroatoms. The zero-order valence-electron chi connectivity index (χ0n) is 16.3. The molecule has 1 amide bonds. The lowest BCUT2D eigenvalue weighted by Gasteiger charge is -2.15. The molecular weight excluding hydrogens is 368 g/mol. The average molecular weight is 390 g/mol. The van der Waals surface area contributed by atoms with Crippen molar-refractivity contribution in [2.24, 2.45) is 0 Å². The van der Waals surface area contributed by atoms with E-state index < -0.39 is 0 Å². The van der Waals surface area contributed by atoms with Gasteiger partial charge in [-0.1, -0.05) is 36.4 Å². The van der Waals surface area contributed by atoms with Crippen LogP contribution < -0.4 is 20.1 Å². The van der Waals surface area contributed by atoms with Gasteiger partial charge in [0.25, 0.3) is 5.91 Å². The minimum Gasteiger partial charge on any atom is -0.454 e. The summed E-state index contributed by atoms with van der Waals surface area (Å²) in [5.41, 5.74) is 2.38. The molecule has 7 nitrogen and oxygen atoms in total. The Balaban J connectivity index is 1.43. The summed E-state index contributed by atoms with van der Waals surface area (Å²) in [4.78, 5) is 21.3. The van der Waals surface area contributed by atoms with Crippen LogP contribution in [0, 0.1) is 6.92 Å². The van der Waals surface area contributed by atoms with Crippen LogP contribution in [0.2, 0.25) is 0 Å². The summed E-state index contributed by atoms with van der Waals surface area (Å²) in [6, 6.07) is 17.1. The van der Waals surface area contributed by atoms with Crippen LogP contribution in [0.15, 0.2) is 54.6 Å². The maximum atomic E-state index is 12.7. The Hall–Kier alpha value is -3.61. The standard InChI is InChI=1S/C22H22N4O3/c1-14(17-6-4-3-5-7-17)24-22(27)18-11-21(26-15(2)25-18)23-12-16-8-9-19-20(10-16)29-13-28-19/h3-11,14H,12-13H2,1-2H3,(H,24,27)(H,23,25,26). The maximum absolute atomic E-state index is 12.7. The number of fused-ring (bicyclic) bond motifs is 1. The van der Waals surface area contributed by atoms with Gasteiger partial charge in [0, 0.05) is 12.6 Å². The number of aromatic nitrogens is 2. The number of anilines is 1. The number of nitrogens with one attached hydrogen (secondary N) is 2. The Bertz CT molecular complexity index is 1020. The van der Waals surface area contributed by atoms with Gasteiger partial charge in [-0.15, -0.1) is 0 Å². The van der Waals surface area contributed by atoms with Gasteiger partial charge in [-0.25, -0.2) is 9.97 Å². The Morgan fingerprint density at radius 1 is 1.07 bits per heavy atom. The van der Waals surface area contributed by atoms with E-state index in [2.05, 4.69) is 20.6 Å². The van der Waals surface area contributed by atoms with Gasteiger partial charge in [0.05, 0.1) is 6.04 Å². The van der Waals surface area contributed by atoms with Crippen molar-refractivity contribution in [3.63, 3.8) is 0 Å². The first-order valence-corrected chi connectivity index (χ1v) is 9.42.